The lowest BCUT2D eigenvalue weighted by Gasteiger charge is -2.10. The van der Waals surface area contributed by atoms with Crippen molar-refractivity contribution in [1.29, 1.82) is 0 Å². The van der Waals surface area contributed by atoms with Crippen LogP contribution in [0.5, 0.6) is 11.5 Å². The molecule has 0 saturated heterocycles. The van der Waals surface area contributed by atoms with Gasteiger partial charge in [-0.15, -0.1) is 0 Å². The predicted molar refractivity (Wildman–Crippen MR) is 44.5 cm³/mol. The Labute approximate surface area is 78.9 Å². The van der Waals surface area contributed by atoms with Gasteiger partial charge in [0.15, 0.2) is 0 Å². The molecule has 0 unspecified atom stereocenters. The number of carbonyl (C=O) groups excluding carboxylic acids is 1. The normalized spacial score (nSPS) is 9.50. The fraction of sp³-hybridized carbons (Fsp3) is 0.125. The van der Waals surface area contributed by atoms with Crippen molar-refractivity contribution in [2.45, 2.75) is 0 Å². The van der Waals surface area contributed by atoms with Gasteiger partial charge in [-0.3, -0.25) is 14.9 Å². The van der Waals surface area contributed by atoms with E-state index < -0.39 is 16.4 Å². The maximum Gasteiger partial charge on any atom is 0.266 e. The van der Waals surface area contributed by atoms with Gasteiger partial charge in [0.05, 0.1) is 18.1 Å². The number of rotatable bonds is 3. The molecule has 0 bridgehead atoms. The quantitative estimate of drug-likeness (QED) is 0.398. The average Bonchev–Trinajstić information content (AvgIpc) is 2.17. The molecule has 0 atom stereocenters. The number of ether oxygens (including phenoxy) is 1. The summed E-state index contributed by atoms with van der Waals surface area (Å²) in [7, 11) is 1.29. The van der Waals surface area contributed by atoms with Crippen LogP contribution >= 0.6 is 0 Å². The summed E-state index contributed by atoms with van der Waals surface area (Å²) in [5, 5.41) is 21.6. The Balaban J connectivity index is 3.41. The zero-order valence-electron chi connectivity index (χ0n) is 7.22. The van der Waals surface area contributed by atoms with Crippen molar-refractivity contribution in [3.05, 3.63) is 27.8 Å². The SMILES string of the molecule is COc1cc(C=O)c([O-])c([N+](=O)[O-])c1. The first kappa shape index (κ1) is 9.97. The van der Waals surface area contributed by atoms with Crippen LogP contribution in [0.25, 0.3) is 0 Å². The zero-order valence-corrected chi connectivity index (χ0v) is 7.22. The van der Waals surface area contributed by atoms with Crippen LogP contribution in [-0.4, -0.2) is 18.3 Å². The molecule has 0 amide bonds. The van der Waals surface area contributed by atoms with Crippen LogP contribution in [0.4, 0.5) is 5.69 Å². The fourth-order valence-electron chi connectivity index (χ4n) is 0.950. The van der Waals surface area contributed by atoms with Crippen LogP contribution in [0.1, 0.15) is 10.4 Å². The topological polar surface area (TPSA) is 92.5 Å². The summed E-state index contributed by atoms with van der Waals surface area (Å²) in [5.41, 5.74) is -0.942. The highest BCUT2D eigenvalue weighted by molar-refractivity contribution is 5.82. The lowest BCUT2D eigenvalue weighted by molar-refractivity contribution is -0.398. The Bertz CT molecular complexity index is 388. The number of carbonyl (C=O) groups is 1. The van der Waals surface area contributed by atoms with Crippen LogP contribution < -0.4 is 9.84 Å². The summed E-state index contributed by atoms with van der Waals surface area (Å²) in [6.45, 7) is 0. The van der Waals surface area contributed by atoms with E-state index in [0.717, 1.165) is 12.1 Å². The number of benzene rings is 1. The van der Waals surface area contributed by atoms with Crippen LogP contribution in [0.15, 0.2) is 12.1 Å². The minimum absolute atomic E-state index is 0.110. The third kappa shape index (κ3) is 1.63. The summed E-state index contributed by atoms with van der Waals surface area (Å²) in [4.78, 5) is 19.9. The number of nitrogens with zero attached hydrogens (tertiary/aromatic N) is 1. The second-order valence-electron chi connectivity index (χ2n) is 2.44. The van der Waals surface area contributed by atoms with Gasteiger partial charge in [-0.2, -0.15) is 0 Å². The standard InChI is InChI=1S/C8H7NO5/c1-14-6-2-5(4-10)8(11)7(3-6)9(12)13/h2-4,11H,1H3/p-1. The third-order valence-electron chi connectivity index (χ3n) is 1.63. The number of hydrogen-bond donors (Lipinski definition) is 0. The van der Waals surface area contributed by atoms with Gasteiger partial charge in [-0.1, -0.05) is 0 Å². The summed E-state index contributed by atoms with van der Waals surface area (Å²) in [6, 6.07) is 2.14. The third-order valence-corrected chi connectivity index (χ3v) is 1.63. The van der Waals surface area contributed by atoms with E-state index in [2.05, 4.69) is 0 Å². The monoisotopic (exact) mass is 196 g/mol. The maximum absolute atomic E-state index is 11.2. The molecular formula is C8H6NO5-. The van der Waals surface area contributed by atoms with Crippen LogP contribution in [0.3, 0.4) is 0 Å². The summed E-state index contributed by atoms with van der Waals surface area (Å²) in [5.74, 6) is -0.788. The van der Waals surface area contributed by atoms with E-state index in [-0.39, 0.29) is 17.6 Å². The molecule has 0 aromatic heterocycles. The molecule has 14 heavy (non-hydrogen) atoms. The molecule has 6 nitrogen and oxygen atoms in total. The predicted octanol–water partition coefficient (Wildman–Crippen LogP) is 0.489. The number of hydrogen-bond acceptors (Lipinski definition) is 5. The van der Waals surface area contributed by atoms with Crippen LogP contribution in [0, 0.1) is 10.1 Å². The van der Waals surface area contributed by atoms with Gasteiger partial charge in [-0.05, 0) is 11.8 Å². The van der Waals surface area contributed by atoms with Gasteiger partial charge >= 0.3 is 0 Å². The first-order chi connectivity index (χ1) is 6.60. The van der Waals surface area contributed by atoms with Gasteiger partial charge in [0.25, 0.3) is 5.69 Å². The Morgan fingerprint density at radius 1 is 1.50 bits per heavy atom. The van der Waals surface area contributed by atoms with E-state index in [9.17, 15) is 20.0 Å². The van der Waals surface area contributed by atoms with E-state index in [1.165, 1.54) is 7.11 Å². The van der Waals surface area contributed by atoms with Gasteiger partial charge < -0.3 is 9.84 Å². The summed E-state index contributed by atoms with van der Waals surface area (Å²) >= 11 is 0. The van der Waals surface area contributed by atoms with Crippen molar-refractivity contribution in [3.8, 4) is 11.5 Å². The Morgan fingerprint density at radius 3 is 2.57 bits per heavy atom. The number of nitro benzene ring substituents is 1. The molecule has 74 valence electrons. The molecule has 0 aliphatic carbocycles. The van der Waals surface area contributed by atoms with E-state index >= 15 is 0 Å². The van der Waals surface area contributed by atoms with Crippen molar-refractivity contribution < 1.29 is 19.6 Å². The smallest absolute Gasteiger partial charge is 0.266 e. The largest absolute Gasteiger partial charge is 0.867 e. The minimum Gasteiger partial charge on any atom is -0.867 e. The molecule has 1 aromatic rings. The maximum atomic E-state index is 11.2. The molecule has 0 heterocycles. The molecule has 0 radical (unpaired) electrons. The van der Waals surface area contributed by atoms with Gasteiger partial charge in [0, 0.05) is 5.56 Å². The lowest BCUT2D eigenvalue weighted by atomic mass is 10.2. The molecule has 0 aliphatic heterocycles. The molecule has 0 saturated carbocycles. The zero-order chi connectivity index (χ0) is 10.7. The number of aldehydes is 1. The van der Waals surface area contributed by atoms with Crippen molar-refractivity contribution >= 4 is 12.0 Å². The molecular weight excluding hydrogens is 190 g/mol. The first-order valence-electron chi connectivity index (χ1n) is 3.58. The molecule has 0 aliphatic rings. The molecule has 0 spiro atoms. The highest BCUT2D eigenvalue weighted by atomic mass is 16.6. The Hall–Kier alpha value is -2.11. The lowest BCUT2D eigenvalue weighted by Crippen LogP contribution is -2.02. The molecule has 0 N–H and O–H groups in total. The molecule has 6 heteroatoms. The van der Waals surface area contributed by atoms with E-state index in [1.54, 1.807) is 0 Å². The summed E-state index contributed by atoms with van der Waals surface area (Å²) in [6.07, 6.45) is 0.262. The summed E-state index contributed by atoms with van der Waals surface area (Å²) < 4.78 is 4.70. The second-order valence-corrected chi connectivity index (χ2v) is 2.44. The second kappa shape index (κ2) is 3.73. The van der Waals surface area contributed by atoms with Gasteiger partial charge in [0.2, 0.25) is 0 Å². The highest BCUT2D eigenvalue weighted by Crippen LogP contribution is 2.30. The van der Waals surface area contributed by atoms with E-state index in [4.69, 9.17) is 4.74 Å². The molecule has 1 aromatic carbocycles. The average molecular weight is 196 g/mol. The number of methoxy groups -OCH3 is 1. The van der Waals surface area contributed by atoms with Gasteiger partial charge in [-0.25, -0.2) is 0 Å². The minimum atomic E-state index is -0.897. The van der Waals surface area contributed by atoms with Crippen molar-refractivity contribution in [2.75, 3.05) is 7.11 Å². The first-order valence-corrected chi connectivity index (χ1v) is 3.58. The van der Waals surface area contributed by atoms with Crippen molar-refractivity contribution in [3.63, 3.8) is 0 Å². The Kier molecular flexibility index (Phi) is 2.66. The number of nitro groups is 1. The van der Waals surface area contributed by atoms with Gasteiger partial charge in [0.1, 0.15) is 12.0 Å². The van der Waals surface area contributed by atoms with E-state index in [0.29, 0.717) is 0 Å². The van der Waals surface area contributed by atoms with Crippen molar-refractivity contribution in [1.82, 2.24) is 0 Å². The van der Waals surface area contributed by atoms with Crippen molar-refractivity contribution in [2.24, 2.45) is 0 Å². The van der Waals surface area contributed by atoms with Crippen LogP contribution in [-0.2, 0) is 0 Å². The Morgan fingerprint density at radius 2 is 2.14 bits per heavy atom. The fourth-order valence-corrected chi connectivity index (χ4v) is 0.950. The molecule has 0 fully saturated rings. The van der Waals surface area contributed by atoms with Crippen LogP contribution in [0.2, 0.25) is 0 Å². The highest BCUT2D eigenvalue weighted by Gasteiger charge is 2.12. The van der Waals surface area contributed by atoms with E-state index in [1.807, 2.05) is 0 Å². The molecule has 1 rings (SSSR count).